The van der Waals surface area contributed by atoms with Gasteiger partial charge in [0.15, 0.2) is 11.6 Å². The van der Waals surface area contributed by atoms with Crippen molar-refractivity contribution < 1.29 is 13.6 Å². The number of rotatable bonds is 3. The van der Waals surface area contributed by atoms with Gasteiger partial charge < -0.3 is 4.90 Å². The van der Waals surface area contributed by atoms with Crippen LogP contribution in [0.15, 0.2) is 42.5 Å². The van der Waals surface area contributed by atoms with Gasteiger partial charge in [-0.1, -0.05) is 41.9 Å². The predicted octanol–water partition coefficient (Wildman–Crippen LogP) is 4.45. The molecular formula is C16H14ClF2NO. The van der Waals surface area contributed by atoms with Crippen LogP contribution in [0.4, 0.5) is 8.78 Å². The normalized spacial score (nSPS) is 12.0. The molecule has 0 saturated heterocycles. The van der Waals surface area contributed by atoms with Gasteiger partial charge in [-0.15, -0.1) is 0 Å². The highest BCUT2D eigenvalue weighted by atomic mass is 35.5. The Labute approximate surface area is 127 Å². The third kappa shape index (κ3) is 3.22. The van der Waals surface area contributed by atoms with Crippen molar-refractivity contribution in [2.24, 2.45) is 0 Å². The second kappa shape index (κ2) is 6.22. The van der Waals surface area contributed by atoms with Gasteiger partial charge in [-0.2, -0.15) is 0 Å². The smallest absolute Gasteiger partial charge is 0.255 e. The third-order valence-electron chi connectivity index (χ3n) is 3.42. The Kier molecular flexibility index (Phi) is 4.58. The molecule has 0 aliphatic rings. The number of hydrogen-bond acceptors (Lipinski definition) is 1. The molecule has 5 heteroatoms. The molecule has 21 heavy (non-hydrogen) atoms. The second-order valence-corrected chi connectivity index (χ2v) is 5.16. The maximum Gasteiger partial charge on any atom is 0.255 e. The molecule has 0 saturated carbocycles. The highest BCUT2D eigenvalue weighted by molar-refractivity contribution is 6.33. The first-order chi connectivity index (χ1) is 9.91. The van der Waals surface area contributed by atoms with Crippen molar-refractivity contribution in [2.75, 3.05) is 7.05 Å². The van der Waals surface area contributed by atoms with E-state index in [0.717, 1.165) is 17.7 Å². The highest BCUT2D eigenvalue weighted by Gasteiger charge is 2.22. The highest BCUT2D eigenvalue weighted by Crippen LogP contribution is 2.25. The number of hydrogen-bond donors (Lipinski definition) is 0. The van der Waals surface area contributed by atoms with Crippen molar-refractivity contribution in [3.05, 3.63) is 70.2 Å². The quantitative estimate of drug-likeness (QED) is 0.767. The second-order valence-electron chi connectivity index (χ2n) is 4.75. The standard InChI is InChI=1S/C16H14ClF2NO/c1-10(11-6-4-3-5-7-11)20(2)16(21)12-8-14(18)15(19)9-13(12)17/h3-10H,1-2H3. The number of halogens is 3. The monoisotopic (exact) mass is 309 g/mol. The molecule has 2 aromatic carbocycles. The summed E-state index contributed by atoms with van der Waals surface area (Å²) < 4.78 is 26.4. The summed E-state index contributed by atoms with van der Waals surface area (Å²) in [4.78, 5) is 13.8. The van der Waals surface area contributed by atoms with Gasteiger partial charge in [-0.25, -0.2) is 8.78 Å². The van der Waals surface area contributed by atoms with Crippen molar-refractivity contribution in [3.63, 3.8) is 0 Å². The zero-order chi connectivity index (χ0) is 15.6. The molecule has 0 fully saturated rings. The van der Waals surface area contributed by atoms with Crippen molar-refractivity contribution >= 4 is 17.5 Å². The topological polar surface area (TPSA) is 20.3 Å². The Morgan fingerprint density at radius 1 is 1.14 bits per heavy atom. The summed E-state index contributed by atoms with van der Waals surface area (Å²) in [6, 6.07) is 10.8. The Balaban J connectivity index is 2.30. The van der Waals surface area contributed by atoms with E-state index in [0.29, 0.717) is 0 Å². The van der Waals surface area contributed by atoms with Crippen molar-refractivity contribution in [3.8, 4) is 0 Å². The van der Waals surface area contributed by atoms with Crippen molar-refractivity contribution in [2.45, 2.75) is 13.0 Å². The van der Waals surface area contributed by atoms with E-state index in [1.807, 2.05) is 37.3 Å². The van der Waals surface area contributed by atoms with Crippen LogP contribution in [-0.4, -0.2) is 17.9 Å². The van der Waals surface area contributed by atoms with E-state index in [9.17, 15) is 13.6 Å². The van der Waals surface area contributed by atoms with Crippen LogP contribution in [0.1, 0.15) is 28.9 Å². The zero-order valence-electron chi connectivity index (χ0n) is 11.6. The predicted molar refractivity (Wildman–Crippen MR) is 78.3 cm³/mol. The number of carbonyl (C=O) groups is 1. The maximum absolute atomic E-state index is 13.3. The van der Waals surface area contributed by atoms with Gasteiger partial charge in [-0.05, 0) is 24.6 Å². The summed E-state index contributed by atoms with van der Waals surface area (Å²) >= 11 is 5.84. The van der Waals surface area contributed by atoms with Gasteiger partial charge in [0.05, 0.1) is 16.6 Å². The largest absolute Gasteiger partial charge is 0.335 e. The average Bonchev–Trinajstić information content (AvgIpc) is 2.49. The number of amides is 1. The van der Waals surface area contributed by atoms with Crippen LogP contribution in [0.2, 0.25) is 5.02 Å². The molecule has 110 valence electrons. The molecule has 1 atom stereocenters. The number of carbonyl (C=O) groups excluding carboxylic acids is 1. The molecule has 0 aromatic heterocycles. The minimum absolute atomic E-state index is 0.0548. The molecular weight excluding hydrogens is 296 g/mol. The summed E-state index contributed by atoms with van der Waals surface area (Å²) in [5, 5.41) is -0.106. The maximum atomic E-state index is 13.3. The summed E-state index contributed by atoms with van der Waals surface area (Å²) in [6.07, 6.45) is 0. The molecule has 1 amide bonds. The first kappa shape index (κ1) is 15.4. The van der Waals surface area contributed by atoms with E-state index in [2.05, 4.69) is 0 Å². The number of nitrogens with zero attached hydrogens (tertiary/aromatic N) is 1. The lowest BCUT2D eigenvalue weighted by molar-refractivity contribution is 0.0742. The van der Waals surface area contributed by atoms with Gasteiger partial charge in [0.25, 0.3) is 5.91 Å². The molecule has 0 bridgehead atoms. The first-order valence-corrected chi connectivity index (χ1v) is 6.76. The van der Waals surface area contributed by atoms with Gasteiger partial charge in [0.2, 0.25) is 0 Å². The van der Waals surface area contributed by atoms with Crippen molar-refractivity contribution in [1.29, 1.82) is 0 Å². The fourth-order valence-corrected chi connectivity index (χ4v) is 2.24. The molecule has 0 heterocycles. The SMILES string of the molecule is CC(c1ccccc1)N(C)C(=O)c1cc(F)c(F)cc1Cl. The van der Waals surface area contributed by atoms with E-state index in [4.69, 9.17) is 11.6 Å². The van der Waals surface area contributed by atoms with E-state index in [1.165, 1.54) is 4.90 Å². The van der Waals surface area contributed by atoms with Crippen LogP contribution in [0.3, 0.4) is 0 Å². The fourth-order valence-electron chi connectivity index (χ4n) is 2.01. The Morgan fingerprint density at radius 3 is 2.33 bits per heavy atom. The minimum Gasteiger partial charge on any atom is -0.335 e. The van der Waals surface area contributed by atoms with Crippen LogP contribution >= 0.6 is 11.6 Å². The fraction of sp³-hybridized carbons (Fsp3) is 0.188. The van der Waals surface area contributed by atoms with Gasteiger partial charge in [-0.3, -0.25) is 4.79 Å². The van der Waals surface area contributed by atoms with E-state index in [1.54, 1.807) is 7.05 Å². The molecule has 2 aromatic rings. The molecule has 0 radical (unpaired) electrons. The van der Waals surface area contributed by atoms with Crippen LogP contribution in [0.25, 0.3) is 0 Å². The molecule has 2 rings (SSSR count). The average molecular weight is 310 g/mol. The summed E-state index contributed by atoms with van der Waals surface area (Å²) in [5.41, 5.74) is 0.882. The van der Waals surface area contributed by atoms with Crippen LogP contribution < -0.4 is 0 Å². The molecule has 0 spiro atoms. The summed E-state index contributed by atoms with van der Waals surface area (Å²) in [5.74, 6) is -2.63. The molecule has 2 nitrogen and oxygen atoms in total. The molecule has 0 N–H and O–H groups in total. The van der Waals surface area contributed by atoms with Crippen molar-refractivity contribution in [1.82, 2.24) is 4.90 Å². The van der Waals surface area contributed by atoms with Crippen LogP contribution in [0, 0.1) is 11.6 Å². The zero-order valence-corrected chi connectivity index (χ0v) is 12.4. The molecule has 1 unspecified atom stereocenters. The van der Waals surface area contributed by atoms with E-state index >= 15 is 0 Å². The minimum atomic E-state index is -1.09. The molecule has 0 aliphatic heterocycles. The first-order valence-electron chi connectivity index (χ1n) is 6.38. The summed E-state index contributed by atoms with van der Waals surface area (Å²) in [7, 11) is 1.59. The lowest BCUT2D eigenvalue weighted by atomic mass is 10.1. The summed E-state index contributed by atoms with van der Waals surface area (Å²) in [6.45, 7) is 1.85. The van der Waals surface area contributed by atoms with E-state index in [-0.39, 0.29) is 16.6 Å². The van der Waals surface area contributed by atoms with Gasteiger partial charge >= 0.3 is 0 Å². The lowest BCUT2D eigenvalue weighted by Crippen LogP contribution is -2.30. The Morgan fingerprint density at radius 2 is 1.71 bits per heavy atom. The van der Waals surface area contributed by atoms with Gasteiger partial charge in [0, 0.05) is 7.05 Å². The number of benzene rings is 2. The lowest BCUT2D eigenvalue weighted by Gasteiger charge is -2.25. The van der Waals surface area contributed by atoms with Crippen LogP contribution in [0.5, 0.6) is 0 Å². The van der Waals surface area contributed by atoms with Crippen LogP contribution in [-0.2, 0) is 0 Å². The Bertz CT molecular complexity index is 661. The van der Waals surface area contributed by atoms with E-state index < -0.39 is 17.5 Å². The molecule has 0 aliphatic carbocycles. The van der Waals surface area contributed by atoms with Gasteiger partial charge in [0.1, 0.15) is 0 Å². The Hall–Kier alpha value is -1.94. The third-order valence-corrected chi connectivity index (χ3v) is 3.74.